The molecule has 1 heterocycles. The molecule has 1 saturated heterocycles. The van der Waals surface area contributed by atoms with Crippen LogP contribution < -0.4 is 5.32 Å². The van der Waals surface area contributed by atoms with E-state index < -0.39 is 12.0 Å². The summed E-state index contributed by atoms with van der Waals surface area (Å²) in [5.41, 5.74) is 0. The maximum Gasteiger partial charge on any atom is 0.303 e. The summed E-state index contributed by atoms with van der Waals surface area (Å²) in [5.74, 6) is -1.01. The van der Waals surface area contributed by atoms with E-state index >= 15 is 0 Å². The van der Waals surface area contributed by atoms with Crippen molar-refractivity contribution in [3.63, 3.8) is 0 Å². The number of carbonyl (C=O) groups excluding carboxylic acids is 1. The molecule has 1 rings (SSSR count). The molecule has 1 atom stereocenters. The molecule has 1 fully saturated rings. The van der Waals surface area contributed by atoms with Crippen LogP contribution in [-0.4, -0.2) is 39.6 Å². The minimum Gasteiger partial charge on any atom is -0.481 e. The summed E-state index contributed by atoms with van der Waals surface area (Å²) < 4.78 is 0. The number of carboxylic acids is 1. The number of nitrogens with zero attached hydrogens (tertiary/aromatic N) is 1. The fraction of sp³-hybridized carbons (Fsp3) is 0.667. The Labute approximate surface area is 93.4 Å². The van der Waals surface area contributed by atoms with Gasteiger partial charge >= 0.3 is 5.97 Å². The van der Waals surface area contributed by atoms with Crippen LogP contribution in [0.5, 0.6) is 0 Å². The van der Waals surface area contributed by atoms with Crippen LogP contribution in [0.4, 0.5) is 0 Å². The number of thiocarbonyl (C=S) groups is 1. The molecule has 84 valence electrons. The topological polar surface area (TPSA) is 69.6 Å². The van der Waals surface area contributed by atoms with Gasteiger partial charge in [-0.05, 0) is 25.1 Å². The van der Waals surface area contributed by atoms with Gasteiger partial charge in [-0.15, -0.1) is 0 Å². The Bertz CT molecular complexity index is 293. The summed E-state index contributed by atoms with van der Waals surface area (Å²) in [6, 6.07) is -0.458. The van der Waals surface area contributed by atoms with E-state index in [1.807, 2.05) is 6.92 Å². The van der Waals surface area contributed by atoms with Gasteiger partial charge in [0.1, 0.15) is 6.04 Å². The molecule has 1 aliphatic rings. The van der Waals surface area contributed by atoms with Crippen LogP contribution >= 0.6 is 12.2 Å². The molecule has 15 heavy (non-hydrogen) atoms. The lowest BCUT2D eigenvalue weighted by atomic mass is 10.1. The minimum absolute atomic E-state index is 0.0218. The third-order valence-electron chi connectivity index (χ3n) is 2.20. The predicted octanol–water partition coefficient (Wildman–Crippen LogP) is 0.346. The van der Waals surface area contributed by atoms with Crippen LogP contribution in [0.3, 0.4) is 0 Å². The van der Waals surface area contributed by atoms with E-state index in [1.54, 1.807) is 0 Å². The largest absolute Gasteiger partial charge is 0.481 e. The van der Waals surface area contributed by atoms with Crippen molar-refractivity contribution >= 4 is 29.2 Å². The molecule has 1 aliphatic heterocycles. The molecule has 5 nitrogen and oxygen atoms in total. The van der Waals surface area contributed by atoms with Gasteiger partial charge in [0.05, 0.1) is 0 Å². The highest BCUT2D eigenvalue weighted by Crippen LogP contribution is 2.11. The number of aliphatic carboxylic acids is 1. The van der Waals surface area contributed by atoms with Crippen LogP contribution in [-0.2, 0) is 9.59 Å². The predicted molar refractivity (Wildman–Crippen MR) is 58.4 cm³/mol. The molecule has 1 amide bonds. The molecule has 0 saturated carbocycles. The molecular formula is C9H14N2O3S. The zero-order valence-corrected chi connectivity index (χ0v) is 9.34. The van der Waals surface area contributed by atoms with E-state index in [-0.39, 0.29) is 18.7 Å². The van der Waals surface area contributed by atoms with Gasteiger partial charge < -0.3 is 10.4 Å². The first-order valence-electron chi connectivity index (χ1n) is 4.90. The molecule has 0 aliphatic carbocycles. The summed E-state index contributed by atoms with van der Waals surface area (Å²) in [7, 11) is 0. The Morgan fingerprint density at radius 3 is 2.87 bits per heavy atom. The van der Waals surface area contributed by atoms with Gasteiger partial charge in [0.2, 0.25) is 0 Å². The van der Waals surface area contributed by atoms with Crippen molar-refractivity contribution in [2.75, 3.05) is 6.54 Å². The molecule has 0 radical (unpaired) electrons. The average Bonchev–Trinajstić information content (AvgIpc) is 2.43. The Balaban J connectivity index is 2.53. The SMILES string of the molecule is CCCN1C(=O)[C@H](CCC(=O)O)NC1=S. The van der Waals surface area contributed by atoms with Gasteiger partial charge in [-0.25, -0.2) is 0 Å². The molecule has 6 heteroatoms. The van der Waals surface area contributed by atoms with E-state index in [1.165, 1.54) is 4.90 Å². The monoisotopic (exact) mass is 230 g/mol. The molecule has 0 aromatic heterocycles. The number of hydrogen-bond acceptors (Lipinski definition) is 3. The first-order valence-corrected chi connectivity index (χ1v) is 5.30. The number of hydrogen-bond donors (Lipinski definition) is 2. The second kappa shape index (κ2) is 5.06. The molecule has 0 spiro atoms. The van der Waals surface area contributed by atoms with Gasteiger partial charge in [0, 0.05) is 13.0 Å². The molecule has 0 bridgehead atoms. The molecule has 0 aromatic rings. The number of nitrogens with one attached hydrogen (secondary N) is 1. The summed E-state index contributed by atoms with van der Waals surface area (Å²) in [6.07, 6.45) is 1.10. The Hall–Kier alpha value is -1.17. The lowest BCUT2D eigenvalue weighted by molar-refractivity contribution is -0.137. The molecule has 0 aromatic carbocycles. The number of rotatable bonds is 5. The average molecular weight is 230 g/mol. The van der Waals surface area contributed by atoms with Crippen LogP contribution in [0.1, 0.15) is 26.2 Å². The van der Waals surface area contributed by atoms with Gasteiger partial charge in [0.25, 0.3) is 5.91 Å². The third kappa shape index (κ3) is 2.89. The van der Waals surface area contributed by atoms with Crippen molar-refractivity contribution in [3.8, 4) is 0 Å². The highest BCUT2D eigenvalue weighted by Gasteiger charge is 2.34. The second-order valence-electron chi connectivity index (χ2n) is 3.42. The lowest BCUT2D eigenvalue weighted by Gasteiger charge is -2.12. The summed E-state index contributed by atoms with van der Waals surface area (Å²) >= 11 is 4.99. The highest BCUT2D eigenvalue weighted by atomic mass is 32.1. The van der Waals surface area contributed by atoms with Crippen molar-refractivity contribution in [1.82, 2.24) is 10.2 Å². The maximum absolute atomic E-state index is 11.7. The van der Waals surface area contributed by atoms with Gasteiger partial charge in [-0.3, -0.25) is 14.5 Å². The van der Waals surface area contributed by atoms with Crippen molar-refractivity contribution < 1.29 is 14.7 Å². The van der Waals surface area contributed by atoms with E-state index in [4.69, 9.17) is 17.3 Å². The van der Waals surface area contributed by atoms with Crippen LogP contribution in [0.25, 0.3) is 0 Å². The van der Waals surface area contributed by atoms with Crippen molar-refractivity contribution in [2.24, 2.45) is 0 Å². The van der Waals surface area contributed by atoms with E-state index in [0.29, 0.717) is 11.7 Å². The Morgan fingerprint density at radius 2 is 2.33 bits per heavy atom. The van der Waals surface area contributed by atoms with Crippen LogP contribution in [0.2, 0.25) is 0 Å². The minimum atomic E-state index is -0.899. The van der Waals surface area contributed by atoms with Crippen molar-refractivity contribution in [2.45, 2.75) is 32.2 Å². The summed E-state index contributed by atoms with van der Waals surface area (Å²) in [5, 5.41) is 11.8. The zero-order chi connectivity index (χ0) is 11.4. The smallest absolute Gasteiger partial charge is 0.303 e. The van der Waals surface area contributed by atoms with E-state index in [0.717, 1.165) is 6.42 Å². The van der Waals surface area contributed by atoms with Crippen LogP contribution in [0.15, 0.2) is 0 Å². The molecular weight excluding hydrogens is 216 g/mol. The van der Waals surface area contributed by atoms with Crippen molar-refractivity contribution in [1.29, 1.82) is 0 Å². The van der Waals surface area contributed by atoms with Crippen LogP contribution in [0, 0.1) is 0 Å². The fourth-order valence-corrected chi connectivity index (χ4v) is 1.80. The standard InChI is InChI=1S/C9H14N2O3S/c1-2-5-11-8(14)6(10-9(11)15)3-4-7(12)13/h6H,2-5H2,1H3,(H,10,15)(H,12,13)/t6-/m0/s1. The zero-order valence-electron chi connectivity index (χ0n) is 8.52. The molecule has 2 N–H and O–H groups in total. The number of carbonyl (C=O) groups is 2. The summed E-state index contributed by atoms with van der Waals surface area (Å²) in [6.45, 7) is 2.55. The fourth-order valence-electron chi connectivity index (χ4n) is 1.48. The first-order chi connectivity index (χ1) is 7.06. The van der Waals surface area contributed by atoms with E-state index in [2.05, 4.69) is 5.32 Å². The Kier molecular flexibility index (Phi) is 4.02. The molecule has 0 unspecified atom stereocenters. The maximum atomic E-state index is 11.7. The van der Waals surface area contributed by atoms with E-state index in [9.17, 15) is 9.59 Å². The van der Waals surface area contributed by atoms with Crippen molar-refractivity contribution in [3.05, 3.63) is 0 Å². The quantitative estimate of drug-likeness (QED) is 0.667. The number of carboxylic acid groups (broad SMARTS) is 1. The normalized spacial score (nSPS) is 20.6. The number of amides is 1. The highest BCUT2D eigenvalue weighted by molar-refractivity contribution is 7.80. The second-order valence-corrected chi connectivity index (χ2v) is 3.81. The van der Waals surface area contributed by atoms with Gasteiger partial charge in [-0.1, -0.05) is 6.92 Å². The lowest BCUT2D eigenvalue weighted by Crippen LogP contribution is -2.32. The third-order valence-corrected chi connectivity index (χ3v) is 2.54. The first kappa shape index (κ1) is 11.9. The van der Waals surface area contributed by atoms with Gasteiger partial charge in [0.15, 0.2) is 5.11 Å². The Morgan fingerprint density at radius 1 is 1.67 bits per heavy atom. The summed E-state index contributed by atoms with van der Waals surface area (Å²) in [4.78, 5) is 23.6. The van der Waals surface area contributed by atoms with Gasteiger partial charge in [-0.2, -0.15) is 0 Å².